The second-order valence-corrected chi connectivity index (χ2v) is 4.94. The van der Waals surface area contributed by atoms with Crippen molar-refractivity contribution in [3.63, 3.8) is 0 Å². The van der Waals surface area contributed by atoms with Crippen molar-refractivity contribution in [1.82, 2.24) is 0 Å². The van der Waals surface area contributed by atoms with Crippen LogP contribution >= 0.6 is 11.6 Å². The maximum atomic E-state index is 13.1. The predicted octanol–water partition coefficient (Wildman–Crippen LogP) is 4.03. The molecule has 2 aromatic carbocycles. The van der Waals surface area contributed by atoms with Crippen LogP contribution in [0.5, 0.6) is 5.75 Å². The Morgan fingerprint density at radius 2 is 2.13 bits per heavy atom. The van der Waals surface area contributed by atoms with Crippen LogP contribution in [0.4, 0.5) is 10.1 Å². The quantitative estimate of drug-likeness (QED) is 0.680. The van der Waals surface area contributed by atoms with Gasteiger partial charge in [0, 0.05) is 5.69 Å². The third kappa shape index (κ3) is 4.31. The minimum Gasteiger partial charge on any atom is -0.495 e. The third-order valence-electron chi connectivity index (χ3n) is 2.93. The summed E-state index contributed by atoms with van der Waals surface area (Å²) in [6.07, 6.45) is 1.31. The number of anilines is 1. The molecule has 23 heavy (non-hydrogen) atoms. The van der Waals surface area contributed by atoms with Crippen LogP contribution in [0.25, 0.3) is 6.08 Å². The first-order valence-electron chi connectivity index (χ1n) is 6.55. The molecule has 0 bridgehead atoms. The fourth-order valence-corrected chi connectivity index (χ4v) is 2.11. The van der Waals surface area contributed by atoms with E-state index in [0.717, 1.165) is 0 Å². The van der Waals surface area contributed by atoms with Crippen LogP contribution in [-0.2, 0) is 4.79 Å². The van der Waals surface area contributed by atoms with E-state index in [4.69, 9.17) is 21.6 Å². The summed E-state index contributed by atoms with van der Waals surface area (Å²) in [5, 5.41) is 12.0. The molecule has 6 heteroatoms. The van der Waals surface area contributed by atoms with Gasteiger partial charge in [0.2, 0.25) is 0 Å². The minimum atomic E-state index is -0.613. The summed E-state index contributed by atoms with van der Waals surface area (Å²) < 4.78 is 18.2. The summed E-state index contributed by atoms with van der Waals surface area (Å²) in [4.78, 5) is 12.1. The van der Waals surface area contributed by atoms with Crippen molar-refractivity contribution in [2.75, 3.05) is 12.4 Å². The fourth-order valence-electron chi connectivity index (χ4n) is 1.85. The molecule has 0 spiro atoms. The number of halogens is 2. The molecule has 0 radical (unpaired) electrons. The topological polar surface area (TPSA) is 62.1 Å². The number of hydrogen-bond donors (Lipinski definition) is 1. The maximum Gasteiger partial charge on any atom is 0.266 e. The molecule has 0 saturated heterocycles. The van der Waals surface area contributed by atoms with Crippen molar-refractivity contribution in [2.24, 2.45) is 0 Å². The van der Waals surface area contributed by atoms with Gasteiger partial charge >= 0.3 is 0 Å². The van der Waals surface area contributed by atoms with Gasteiger partial charge in [-0.15, -0.1) is 0 Å². The zero-order valence-electron chi connectivity index (χ0n) is 12.1. The third-order valence-corrected chi connectivity index (χ3v) is 3.23. The van der Waals surface area contributed by atoms with E-state index < -0.39 is 11.7 Å². The molecule has 0 aliphatic carbocycles. The van der Waals surface area contributed by atoms with Gasteiger partial charge in [0.05, 0.1) is 12.1 Å². The van der Waals surface area contributed by atoms with Crippen molar-refractivity contribution in [3.8, 4) is 11.8 Å². The number of carbonyl (C=O) groups excluding carboxylic acids is 1. The largest absolute Gasteiger partial charge is 0.495 e. The molecule has 4 nitrogen and oxygen atoms in total. The Balaban J connectivity index is 2.21. The number of benzene rings is 2. The zero-order valence-corrected chi connectivity index (χ0v) is 12.9. The van der Waals surface area contributed by atoms with Crippen LogP contribution in [0.15, 0.2) is 48.0 Å². The number of nitrogens with zero attached hydrogens (tertiary/aromatic N) is 1. The number of methoxy groups -OCH3 is 1. The van der Waals surface area contributed by atoms with Gasteiger partial charge < -0.3 is 10.1 Å². The van der Waals surface area contributed by atoms with Crippen LogP contribution in [0, 0.1) is 17.1 Å². The van der Waals surface area contributed by atoms with Gasteiger partial charge in [-0.25, -0.2) is 4.39 Å². The van der Waals surface area contributed by atoms with Crippen molar-refractivity contribution in [3.05, 3.63) is 64.4 Å². The van der Waals surface area contributed by atoms with Crippen LogP contribution in [0.1, 0.15) is 5.56 Å². The number of nitriles is 1. The number of rotatable bonds is 4. The summed E-state index contributed by atoms with van der Waals surface area (Å²) >= 11 is 5.98. The summed E-state index contributed by atoms with van der Waals surface area (Å²) in [5.74, 6) is -0.586. The fraction of sp³-hybridized carbons (Fsp3) is 0.0588. The molecule has 0 aromatic heterocycles. The van der Waals surface area contributed by atoms with Crippen LogP contribution in [0.3, 0.4) is 0 Å². The van der Waals surface area contributed by atoms with E-state index in [1.54, 1.807) is 24.3 Å². The number of hydrogen-bond acceptors (Lipinski definition) is 3. The number of carbonyl (C=O) groups is 1. The Kier molecular flexibility index (Phi) is 5.34. The summed E-state index contributed by atoms with van der Waals surface area (Å²) in [6, 6.07) is 12.1. The first-order valence-corrected chi connectivity index (χ1v) is 6.93. The number of nitrogens with one attached hydrogen (secondary N) is 1. The Bertz CT molecular complexity index is 812. The van der Waals surface area contributed by atoms with Gasteiger partial charge in [0.1, 0.15) is 23.2 Å². The van der Waals surface area contributed by atoms with Crippen LogP contribution in [0.2, 0.25) is 5.02 Å². The molecule has 0 fully saturated rings. The van der Waals surface area contributed by atoms with Crippen LogP contribution in [-0.4, -0.2) is 13.0 Å². The lowest BCUT2D eigenvalue weighted by Crippen LogP contribution is -2.13. The van der Waals surface area contributed by atoms with E-state index in [1.165, 1.54) is 37.5 Å². The monoisotopic (exact) mass is 330 g/mol. The maximum absolute atomic E-state index is 13.1. The lowest BCUT2D eigenvalue weighted by Gasteiger charge is -2.07. The molecule has 0 atom stereocenters. The molecule has 116 valence electrons. The summed E-state index contributed by atoms with van der Waals surface area (Å²) in [5.41, 5.74) is 0.688. The minimum absolute atomic E-state index is 0.150. The molecule has 2 rings (SSSR count). The molecule has 0 aliphatic rings. The Morgan fingerprint density at radius 1 is 1.35 bits per heavy atom. The average Bonchev–Trinajstić information content (AvgIpc) is 2.52. The first-order chi connectivity index (χ1) is 11.0. The summed E-state index contributed by atoms with van der Waals surface area (Å²) in [6.45, 7) is 0. The van der Waals surface area contributed by atoms with E-state index in [0.29, 0.717) is 22.0 Å². The SMILES string of the molecule is COc1ccc(NC(=O)/C(C#N)=C/c2cccc(F)c2)cc1Cl. The highest BCUT2D eigenvalue weighted by atomic mass is 35.5. The normalized spacial score (nSPS) is 10.8. The smallest absolute Gasteiger partial charge is 0.266 e. The van der Waals surface area contributed by atoms with Gasteiger partial charge in [0.25, 0.3) is 5.91 Å². The molecule has 1 N–H and O–H groups in total. The average molecular weight is 331 g/mol. The molecule has 0 unspecified atom stereocenters. The zero-order chi connectivity index (χ0) is 16.8. The Labute approximate surface area is 137 Å². The summed E-state index contributed by atoms with van der Waals surface area (Å²) in [7, 11) is 1.48. The first kappa shape index (κ1) is 16.5. The van der Waals surface area contributed by atoms with Gasteiger partial charge in [0.15, 0.2) is 0 Å². The van der Waals surface area contributed by atoms with Crippen molar-refractivity contribution < 1.29 is 13.9 Å². The lowest BCUT2D eigenvalue weighted by atomic mass is 10.1. The molecule has 2 aromatic rings. The van der Waals surface area contributed by atoms with Gasteiger partial charge in [-0.05, 0) is 42.0 Å². The van der Waals surface area contributed by atoms with E-state index in [9.17, 15) is 9.18 Å². The highest BCUT2D eigenvalue weighted by Crippen LogP contribution is 2.27. The second kappa shape index (κ2) is 7.43. The molecular formula is C17H12ClFN2O2. The van der Waals surface area contributed by atoms with Crippen molar-refractivity contribution >= 4 is 29.3 Å². The van der Waals surface area contributed by atoms with Gasteiger partial charge in [-0.2, -0.15) is 5.26 Å². The predicted molar refractivity (Wildman–Crippen MR) is 86.6 cm³/mol. The molecule has 0 aliphatic heterocycles. The van der Waals surface area contributed by atoms with Crippen molar-refractivity contribution in [1.29, 1.82) is 5.26 Å². The molecule has 1 amide bonds. The highest BCUT2D eigenvalue weighted by Gasteiger charge is 2.11. The Hall–Kier alpha value is -2.84. The van der Waals surface area contributed by atoms with Crippen molar-refractivity contribution in [2.45, 2.75) is 0 Å². The lowest BCUT2D eigenvalue weighted by molar-refractivity contribution is -0.112. The van der Waals surface area contributed by atoms with E-state index in [2.05, 4.69) is 5.32 Å². The Morgan fingerprint density at radius 3 is 2.74 bits per heavy atom. The van der Waals surface area contributed by atoms with E-state index in [-0.39, 0.29) is 5.57 Å². The standard InChI is InChI=1S/C17H12ClFN2O2/c1-23-16-6-5-14(9-15(16)18)21-17(22)12(10-20)7-11-3-2-4-13(19)8-11/h2-9H,1H3,(H,21,22)/b12-7+. The number of amides is 1. The van der Waals surface area contributed by atoms with E-state index in [1.807, 2.05) is 0 Å². The second-order valence-electron chi connectivity index (χ2n) is 4.53. The van der Waals surface area contributed by atoms with Gasteiger partial charge in [-0.3, -0.25) is 4.79 Å². The molecule has 0 saturated carbocycles. The highest BCUT2D eigenvalue weighted by molar-refractivity contribution is 6.32. The van der Waals surface area contributed by atoms with Crippen LogP contribution < -0.4 is 10.1 Å². The van der Waals surface area contributed by atoms with Gasteiger partial charge in [-0.1, -0.05) is 23.7 Å². The van der Waals surface area contributed by atoms with E-state index >= 15 is 0 Å². The molecule has 0 heterocycles. The number of ether oxygens (including phenoxy) is 1. The molecular weight excluding hydrogens is 319 g/mol.